The highest BCUT2D eigenvalue weighted by atomic mass is 31.2. The van der Waals surface area contributed by atoms with E-state index in [9.17, 15) is 4.57 Å². The smallest absolute Gasteiger partial charge is 0.312 e. The van der Waals surface area contributed by atoms with Gasteiger partial charge < -0.3 is 9.05 Å². The second kappa shape index (κ2) is 6.64. The molecule has 0 fully saturated rings. The first kappa shape index (κ1) is 12.2. The third kappa shape index (κ3) is 4.91. The predicted molar refractivity (Wildman–Crippen MR) is 50.6 cm³/mol. The molecule has 0 aromatic rings. The van der Waals surface area contributed by atoms with Crippen LogP contribution >= 0.6 is 7.60 Å². The summed E-state index contributed by atoms with van der Waals surface area (Å²) in [6.45, 7) is 2.15. The quantitative estimate of drug-likeness (QED) is 0.461. The highest BCUT2D eigenvalue weighted by Crippen LogP contribution is 2.46. The molecule has 0 bridgehead atoms. The Morgan fingerprint density at radius 2 is 1.67 bits per heavy atom. The van der Waals surface area contributed by atoms with Crippen LogP contribution in [0.15, 0.2) is 0 Å². The maximum absolute atomic E-state index is 11.5. The average molecular weight is 194 g/mol. The fraction of sp³-hybridized carbons (Fsp3) is 1.00. The molecule has 0 heterocycles. The summed E-state index contributed by atoms with van der Waals surface area (Å²) in [4.78, 5) is 0. The lowest BCUT2D eigenvalue weighted by atomic mass is 10.2. The third-order valence-corrected chi connectivity index (χ3v) is 3.82. The van der Waals surface area contributed by atoms with Crippen LogP contribution < -0.4 is 0 Å². The highest BCUT2D eigenvalue weighted by Gasteiger charge is 2.19. The molecule has 0 rings (SSSR count). The van der Waals surface area contributed by atoms with Crippen molar-refractivity contribution in [3.05, 3.63) is 0 Å². The van der Waals surface area contributed by atoms with Crippen molar-refractivity contribution in [3.63, 3.8) is 0 Å². The Morgan fingerprint density at radius 1 is 1.08 bits per heavy atom. The van der Waals surface area contributed by atoms with Gasteiger partial charge in [-0.1, -0.05) is 26.2 Å². The summed E-state index contributed by atoms with van der Waals surface area (Å²) in [7, 11) is 0.148. The first-order valence-corrected chi connectivity index (χ1v) is 6.12. The van der Waals surface area contributed by atoms with Gasteiger partial charge in [0.1, 0.15) is 0 Å². The van der Waals surface area contributed by atoms with E-state index in [0.717, 1.165) is 12.8 Å². The average Bonchev–Trinajstić information content (AvgIpc) is 2.12. The SMILES string of the molecule is CCCCCCP(=O)(OC)OC. The summed E-state index contributed by atoms with van der Waals surface area (Å²) in [5.74, 6) is 0. The fourth-order valence-electron chi connectivity index (χ4n) is 0.989. The van der Waals surface area contributed by atoms with Gasteiger partial charge in [0.15, 0.2) is 0 Å². The van der Waals surface area contributed by atoms with Gasteiger partial charge in [0.25, 0.3) is 0 Å². The lowest BCUT2D eigenvalue weighted by Crippen LogP contribution is -1.94. The Morgan fingerprint density at radius 3 is 2.08 bits per heavy atom. The molecule has 0 radical (unpaired) electrons. The molecule has 0 amide bonds. The summed E-state index contributed by atoms with van der Waals surface area (Å²) < 4.78 is 21.1. The zero-order valence-corrected chi connectivity index (χ0v) is 9.10. The van der Waals surface area contributed by atoms with E-state index in [2.05, 4.69) is 6.92 Å². The molecule has 0 aromatic heterocycles. The van der Waals surface area contributed by atoms with Crippen LogP contribution in [-0.4, -0.2) is 20.4 Å². The van der Waals surface area contributed by atoms with Gasteiger partial charge in [0.2, 0.25) is 0 Å². The Labute approximate surface area is 75.0 Å². The summed E-state index contributed by atoms with van der Waals surface area (Å²) in [5.41, 5.74) is 0. The zero-order chi connectivity index (χ0) is 9.45. The molecule has 0 saturated carbocycles. The zero-order valence-electron chi connectivity index (χ0n) is 8.21. The number of unbranched alkanes of at least 4 members (excludes halogenated alkanes) is 3. The Bertz CT molecular complexity index is 139. The monoisotopic (exact) mass is 194 g/mol. The number of rotatable bonds is 7. The summed E-state index contributed by atoms with van der Waals surface area (Å²) in [6.07, 6.45) is 4.94. The second-order valence-corrected chi connectivity index (χ2v) is 5.16. The minimum Gasteiger partial charge on any atom is -0.312 e. The van der Waals surface area contributed by atoms with Crippen molar-refractivity contribution in [2.75, 3.05) is 20.4 Å². The van der Waals surface area contributed by atoms with Crippen LogP contribution in [0.5, 0.6) is 0 Å². The highest BCUT2D eigenvalue weighted by molar-refractivity contribution is 7.53. The first-order valence-electron chi connectivity index (χ1n) is 4.39. The van der Waals surface area contributed by atoms with E-state index >= 15 is 0 Å². The molecule has 0 spiro atoms. The molecule has 0 unspecified atom stereocenters. The van der Waals surface area contributed by atoms with E-state index < -0.39 is 7.60 Å². The molecule has 0 aliphatic heterocycles. The van der Waals surface area contributed by atoms with Crippen molar-refractivity contribution in [2.24, 2.45) is 0 Å². The van der Waals surface area contributed by atoms with Gasteiger partial charge in [-0.2, -0.15) is 0 Å². The van der Waals surface area contributed by atoms with Crippen molar-refractivity contribution in [2.45, 2.75) is 32.6 Å². The molecule has 0 atom stereocenters. The van der Waals surface area contributed by atoms with Crippen LogP contribution in [0.4, 0.5) is 0 Å². The van der Waals surface area contributed by atoms with Gasteiger partial charge in [-0.3, -0.25) is 4.57 Å². The minimum atomic E-state index is -2.72. The van der Waals surface area contributed by atoms with E-state index in [1.54, 1.807) is 0 Å². The Hall–Kier alpha value is 0.150. The molecule has 0 saturated heterocycles. The molecule has 0 aliphatic carbocycles. The first-order chi connectivity index (χ1) is 5.68. The normalized spacial score (nSPS) is 11.9. The molecule has 0 aliphatic rings. The molecule has 0 aromatic carbocycles. The van der Waals surface area contributed by atoms with Gasteiger partial charge in [0.05, 0.1) is 6.16 Å². The van der Waals surface area contributed by atoms with Crippen molar-refractivity contribution in [1.82, 2.24) is 0 Å². The van der Waals surface area contributed by atoms with Gasteiger partial charge in [-0.05, 0) is 6.42 Å². The lowest BCUT2D eigenvalue weighted by Gasteiger charge is -2.12. The molecule has 3 nitrogen and oxygen atoms in total. The van der Waals surface area contributed by atoms with E-state index in [1.165, 1.54) is 27.1 Å². The van der Waals surface area contributed by atoms with Crippen LogP contribution in [0.25, 0.3) is 0 Å². The summed E-state index contributed by atoms with van der Waals surface area (Å²) in [5, 5.41) is 0. The van der Waals surface area contributed by atoms with Gasteiger partial charge in [-0.15, -0.1) is 0 Å². The van der Waals surface area contributed by atoms with Crippen molar-refractivity contribution < 1.29 is 13.6 Å². The second-order valence-electron chi connectivity index (χ2n) is 2.76. The summed E-state index contributed by atoms with van der Waals surface area (Å²) >= 11 is 0. The fourth-order valence-corrected chi connectivity index (χ4v) is 2.11. The summed E-state index contributed by atoms with van der Waals surface area (Å²) in [6, 6.07) is 0. The van der Waals surface area contributed by atoms with E-state index in [1.807, 2.05) is 0 Å². The van der Waals surface area contributed by atoms with Crippen LogP contribution in [-0.2, 0) is 13.6 Å². The van der Waals surface area contributed by atoms with Crippen LogP contribution in [0.1, 0.15) is 32.6 Å². The van der Waals surface area contributed by atoms with Gasteiger partial charge in [0, 0.05) is 14.2 Å². The Kier molecular flexibility index (Phi) is 6.73. The Balaban J connectivity index is 3.52. The standard InChI is InChI=1S/C8H19O3P/c1-4-5-6-7-8-12(9,10-2)11-3/h4-8H2,1-3H3. The van der Waals surface area contributed by atoms with E-state index in [4.69, 9.17) is 9.05 Å². The largest absolute Gasteiger partial charge is 0.330 e. The maximum atomic E-state index is 11.5. The number of hydrogen-bond acceptors (Lipinski definition) is 3. The predicted octanol–water partition coefficient (Wildman–Crippen LogP) is 3.05. The molecule has 0 N–H and O–H groups in total. The van der Waals surface area contributed by atoms with Crippen LogP contribution in [0.2, 0.25) is 0 Å². The maximum Gasteiger partial charge on any atom is 0.330 e. The molecular formula is C8H19O3P. The lowest BCUT2D eigenvalue weighted by molar-refractivity contribution is 0.275. The molecular weight excluding hydrogens is 175 g/mol. The van der Waals surface area contributed by atoms with Crippen molar-refractivity contribution in [1.29, 1.82) is 0 Å². The third-order valence-electron chi connectivity index (χ3n) is 1.84. The number of hydrogen-bond donors (Lipinski definition) is 0. The van der Waals surface area contributed by atoms with Crippen LogP contribution in [0.3, 0.4) is 0 Å². The van der Waals surface area contributed by atoms with Crippen molar-refractivity contribution >= 4 is 7.60 Å². The van der Waals surface area contributed by atoms with Gasteiger partial charge in [-0.25, -0.2) is 0 Å². The van der Waals surface area contributed by atoms with E-state index in [0.29, 0.717) is 6.16 Å². The minimum absolute atomic E-state index is 0.542. The van der Waals surface area contributed by atoms with Crippen LogP contribution in [0, 0.1) is 0 Å². The molecule has 74 valence electrons. The molecule has 4 heteroatoms. The van der Waals surface area contributed by atoms with E-state index in [-0.39, 0.29) is 0 Å². The van der Waals surface area contributed by atoms with Gasteiger partial charge >= 0.3 is 7.60 Å². The topological polar surface area (TPSA) is 35.5 Å². The molecule has 12 heavy (non-hydrogen) atoms. The van der Waals surface area contributed by atoms with Crippen molar-refractivity contribution in [3.8, 4) is 0 Å².